The summed E-state index contributed by atoms with van der Waals surface area (Å²) in [5.74, 6) is 0. The van der Waals surface area contributed by atoms with Crippen molar-refractivity contribution < 1.29 is 0 Å². The Morgan fingerprint density at radius 2 is 1.56 bits per heavy atom. The van der Waals surface area contributed by atoms with Crippen LogP contribution in [0.5, 0.6) is 0 Å². The maximum absolute atomic E-state index is 2.30. The third-order valence-electron chi connectivity index (χ3n) is 3.46. The first-order valence-electron chi connectivity index (χ1n) is 6.48. The Balaban J connectivity index is 1.91. The molecule has 0 fully saturated rings. The van der Waals surface area contributed by atoms with Gasteiger partial charge >= 0.3 is 0 Å². The molecule has 0 saturated carbocycles. The average molecular weight is 235 g/mol. The van der Waals surface area contributed by atoms with Crippen molar-refractivity contribution in [1.29, 1.82) is 0 Å². The summed E-state index contributed by atoms with van der Waals surface area (Å²) in [6.45, 7) is 3.13. The molecule has 1 heterocycles. The van der Waals surface area contributed by atoms with E-state index in [0.717, 1.165) is 13.0 Å². The second-order valence-electron chi connectivity index (χ2n) is 4.67. The zero-order valence-electron chi connectivity index (χ0n) is 10.6. The molecule has 3 aromatic rings. The van der Waals surface area contributed by atoms with E-state index in [2.05, 4.69) is 72.3 Å². The largest absolute Gasteiger partial charge is 0.343 e. The Bertz CT molecular complexity index is 647. The van der Waals surface area contributed by atoms with Gasteiger partial charge in [-0.15, -0.1) is 0 Å². The van der Waals surface area contributed by atoms with Crippen LogP contribution < -0.4 is 0 Å². The van der Waals surface area contributed by atoms with Gasteiger partial charge in [0, 0.05) is 18.3 Å². The highest BCUT2D eigenvalue weighted by atomic mass is 14.9. The minimum atomic E-state index is 0.942. The van der Waals surface area contributed by atoms with Crippen LogP contribution in [0.2, 0.25) is 0 Å². The Morgan fingerprint density at radius 3 is 2.33 bits per heavy atom. The van der Waals surface area contributed by atoms with Crippen LogP contribution in [0.15, 0.2) is 60.8 Å². The van der Waals surface area contributed by atoms with E-state index < -0.39 is 0 Å². The van der Waals surface area contributed by atoms with Gasteiger partial charge in [-0.2, -0.15) is 0 Å². The number of para-hydroxylation sites is 1. The number of hydrogen-bond acceptors (Lipinski definition) is 0. The molecule has 0 N–H and O–H groups in total. The van der Waals surface area contributed by atoms with Gasteiger partial charge in [-0.1, -0.05) is 49.4 Å². The summed E-state index contributed by atoms with van der Waals surface area (Å²) in [6, 6.07) is 19.6. The molecule has 3 rings (SSSR count). The molecule has 0 aliphatic rings. The number of fused-ring (bicyclic) bond motifs is 1. The molecule has 0 aliphatic heterocycles. The van der Waals surface area contributed by atoms with Crippen LogP contribution >= 0.6 is 0 Å². The maximum atomic E-state index is 2.30. The van der Waals surface area contributed by atoms with Gasteiger partial charge in [0.25, 0.3) is 0 Å². The van der Waals surface area contributed by atoms with Gasteiger partial charge in [-0.25, -0.2) is 0 Å². The van der Waals surface area contributed by atoms with Crippen LogP contribution in [0.4, 0.5) is 0 Å². The Kier molecular flexibility index (Phi) is 2.89. The minimum Gasteiger partial charge on any atom is -0.343 e. The summed E-state index contributed by atoms with van der Waals surface area (Å²) >= 11 is 0. The van der Waals surface area contributed by atoms with E-state index in [1.165, 1.54) is 22.0 Å². The highest BCUT2D eigenvalue weighted by molar-refractivity contribution is 5.80. The molecule has 0 radical (unpaired) electrons. The van der Waals surface area contributed by atoms with Crippen LogP contribution in [-0.2, 0) is 13.0 Å². The van der Waals surface area contributed by atoms with Crippen molar-refractivity contribution in [3.63, 3.8) is 0 Å². The molecular formula is C17H17N. The lowest BCUT2D eigenvalue weighted by Gasteiger charge is -2.06. The van der Waals surface area contributed by atoms with E-state index in [1.807, 2.05) is 0 Å². The van der Waals surface area contributed by atoms with Crippen molar-refractivity contribution in [2.24, 2.45) is 0 Å². The molecule has 18 heavy (non-hydrogen) atoms. The van der Waals surface area contributed by atoms with E-state index >= 15 is 0 Å². The zero-order valence-corrected chi connectivity index (χ0v) is 10.6. The first-order valence-corrected chi connectivity index (χ1v) is 6.48. The topological polar surface area (TPSA) is 4.93 Å². The smallest absolute Gasteiger partial charge is 0.0483 e. The Morgan fingerprint density at radius 1 is 0.833 bits per heavy atom. The fraction of sp³-hybridized carbons (Fsp3) is 0.176. The van der Waals surface area contributed by atoms with Gasteiger partial charge in [0.1, 0.15) is 0 Å². The summed E-state index contributed by atoms with van der Waals surface area (Å²) in [6.07, 6.45) is 3.27. The molecule has 0 atom stereocenters. The van der Waals surface area contributed by atoms with Gasteiger partial charge < -0.3 is 4.57 Å². The lowest BCUT2D eigenvalue weighted by molar-refractivity contribution is 0.836. The summed E-state index contributed by atoms with van der Waals surface area (Å²) in [5.41, 5.74) is 4.06. The number of benzene rings is 2. The van der Waals surface area contributed by atoms with E-state index in [4.69, 9.17) is 0 Å². The van der Waals surface area contributed by atoms with Gasteiger partial charge in [0.2, 0.25) is 0 Å². The maximum Gasteiger partial charge on any atom is 0.0483 e. The lowest BCUT2D eigenvalue weighted by Crippen LogP contribution is -1.97. The van der Waals surface area contributed by atoms with Crippen molar-refractivity contribution in [1.82, 2.24) is 4.57 Å². The van der Waals surface area contributed by atoms with Crippen LogP contribution in [0.3, 0.4) is 0 Å². The third-order valence-corrected chi connectivity index (χ3v) is 3.46. The number of aromatic nitrogens is 1. The predicted molar refractivity (Wildman–Crippen MR) is 76.9 cm³/mol. The van der Waals surface area contributed by atoms with Crippen LogP contribution in [-0.4, -0.2) is 4.57 Å². The second-order valence-corrected chi connectivity index (χ2v) is 4.67. The van der Waals surface area contributed by atoms with Gasteiger partial charge in [0.05, 0.1) is 0 Å². The lowest BCUT2D eigenvalue weighted by atomic mass is 10.1. The molecule has 1 nitrogen and oxygen atoms in total. The van der Waals surface area contributed by atoms with Crippen LogP contribution in [0.25, 0.3) is 10.9 Å². The SMILES string of the molecule is CCc1ccc(Cn2ccc3ccccc32)cc1. The minimum absolute atomic E-state index is 0.942. The van der Waals surface area contributed by atoms with Crippen LogP contribution in [0, 0.1) is 0 Å². The Labute approximate surface area is 108 Å². The quantitative estimate of drug-likeness (QED) is 0.639. The number of nitrogens with zero attached hydrogens (tertiary/aromatic N) is 1. The molecule has 0 aliphatic carbocycles. The second kappa shape index (κ2) is 4.69. The third kappa shape index (κ3) is 2.04. The van der Waals surface area contributed by atoms with Gasteiger partial charge in [-0.05, 0) is 35.1 Å². The molecule has 0 amide bonds. The molecule has 1 heteroatoms. The molecule has 0 spiro atoms. The molecular weight excluding hydrogens is 218 g/mol. The average Bonchev–Trinajstić information content (AvgIpc) is 2.83. The predicted octanol–water partition coefficient (Wildman–Crippen LogP) is 4.25. The van der Waals surface area contributed by atoms with Gasteiger partial charge in [-0.3, -0.25) is 0 Å². The van der Waals surface area contributed by atoms with Crippen molar-refractivity contribution in [3.8, 4) is 0 Å². The highest BCUT2D eigenvalue weighted by Crippen LogP contribution is 2.17. The van der Waals surface area contributed by atoms with E-state index in [1.54, 1.807) is 0 Å². The molecule has 2 aromatic carbocycles. The first kappa shape index (κ1) is 11.1. The fourth-order valence-corrected chi connectivity index (χ4v) is 2.36. The molecule has 0 unspecified atom stereocenters. The summed E-state index contributed by atoms with van der Waals surface area (Å²) in [7, 11) is 0. The summed E-state index contributed by atoms with van der Waals surface area (Å²) < 4.78 is 2.30. The Hall–Kier alpha value is -2.02. The van der Waals surface area contributed by atoms with E-state index in [9.17, 15) is 0 Å². The number of hydrogen-bond donors (Lipinski definition) is 0. The summed E-state index contributed by atoms with van der Waals surface area (Å²) in [4.78, 5) is 0. The van der Waals surface area contributed by atoms with Crippen molar-refractivity contribution >= 4 is 10.9 Å². The van der Waals surface area contributed by atoms with Crippen molar-refractivity contribution in [2.45, 2.75) is 19.9 Å². The molecule has 1 aromatic heterocycles. The van der Waals surface area contributed by atoms with Crippen molar-refractivity contribution in [2.75, 3.05) is 0 Å². The fourth-order valence-electron chi connectivity index (χ4n) is 2.36. The van der Waals surface area contributed by atoms with Crippen molar-refractivity contribution in [3.05, 3.63) is 71.9 Å². The van der Waals surface area contributed by atoms with Crippen LogP contribution in [0.1, 0.15) is 18.1 Å². The standard InChI is InChI=1S/C17H17N/c1-2-14-7-9-15(10-8-14)13-18-12-11-16-5-3-4-6-17(16)18/h3-12H,2,13H2,1H3. The highest BCUT2D eigenvalue weighted by Gasteiger charge is 2.00. The first-order chi connectivity index (χ1) is 8.86. The monoisotopic (exact) mass is 235 g/mol. The van der Waals surface area contributed by atoms with E-state index in [0.29, 0.717) is 0 Å². The summed E-state index contributed by atoms with van der Waals surface area (Å²) in [5, 5.41) is 1.31. The molecule has 90 valence electrons. The number of rotatable bonds is 3. The molecule has 0 bridgehead atoms. The zero-order chi connectivity index (χ0) is 12.4. The molecule has 0 saturated heterocycles. The normalized spacial score (nSPS) is 10.9. The number of aryl methyl sites for hydroxylation is 1. The van der Waals surface area contributed by atoms with Gasteiger partial charge in [0.15, 0.2) is 0 Å². The van der Waals surface area contributed by atoms with E-state index in [-0.39, 0.29) is 0 Å².